The van der Waals surface area contributed by atoms with Crippen LogP contribution < -0.4 is 5.73 Å². The summed E-state index contributed by atoms with van der Waals surface area (Å²) in [5, 5.41) is 9.02. The summed E-state index contributed by atoms with van der Waals surface area (Å²) in [5.74, 6) is -1.31. The van der Waals surface area contributed by atoms with Crippen LogP contribution in [0.15, 0.2) is 18.2 Å². The topological polar surface area (TPSA) is 63.3 Å². The minimum absolute atomic E-state index is 0.129. The van der Waals surface area contributed by atoms with Crippen molar-refractivity contribution in [2.75, 3.05) is 5.73 Å². The molecule has 0 saturated heterocycles. The number of thiophene rings is 1. The maximum Gasteiger partial charge on any atom is 0.348 e. The van der Waals surface area contributed by atoms with Gasteiger partial charge >= 0.3 is 5.97 Å². The molecule has 0 amide bonds. The number of rotatable bonds is 2. The number of anilines is 1. The molecule has 3 N–H and O–H groups in total. The molecule has 2 rings (SSSR count). The van der Waals surface area contributed by atoms with Crippen LogP contribution in [0.1, 0.15) is 20.8 Å². The molecule has 3 nitrogen and oxygen atoms in total. The number of carboxylic acids is 1. The molecule has 18 heavy (non-hydrogen) atoms. The van der Waals surface area contributed by atoms with E-state index in [2.05, 4.69) is 0 Å². The van der Waals surface area contributed by atoms with Gasteiger partial charge in [-0.2, -0.15) is 0 Å². The number of nitrogen functional groups attached to an aromatic ring is 1. The SMILES string of the molecule is Cc1cc(-c2sc(C(=O)O)c(N)c2C)ccc1F. The second-order valence-corrected chi connectivity index (χ2v) is 5.09. The highest BCUT2D eigenvalue weighted by atomic mass is 32.1. The first-order chi connectivity index (χ1) is 8.41. The van der Waals surface area contributed by atoms with Gasteiger partial charge in [-0.05, 0) is 42.7 Å². The minimum Gasteiger partial charge on any atom is -0.477 e. The molecule has 1 aromatic carbocycles. The first-order valence-corrected chi connectivity index (χ1v) is 6.12. The Labute approximate surface area is 108 Å². The van der Waals surface area contributed by atoms with Crippen molar-refractivity contribution < 1.29 is 14.3 Å². The number of benzene rings is 1. The Bertz CT molecular complexity index is 634. The van der Waals surface area contributed by atoms with E-state index in [1.54, 1.807) is 26.0 Å². The van der Waals surface area contributed by atoms with Crippen LogP contribution >= 0.6 is 11.3 Å². The molecular formula is C13H12FNO2S. The number of aryl methyl sites for hydroxylation is 1. The number of halogens is 1. The van der Waals surface area contributed by atoms with Gasteiger partial charge in [-0.1, -0.05) is 6.07 Å². The van der Waals surface area contributed by atoms with Crippen molar-refractivity contribution in [3.63, 3.8) is 0 Å². The summed E-state index contributed by atoms with van der Waals surface area (Å²) in [6.45, 7) is 3.44. The zero-order valence-corrected chi connectivity index (χ0v) is 10.8. The van der Waals surface area contributed by atoms with E-state index in [-0.39, 0.29) is 16.4 Å². The van der Waals surface area contributed by atoms with Gasteiger partial charge in [0.15, 0.2) is 0 Å². The van der Waals surface area contributed by atoms with Crippen LogP contribution in [0.2, 0.25) is 0 Å². The molecular weight excluding hydrogens is 253 g/mol. The fraction of sp³-hybridized carbons (Fsp3) is 0.154. The number of carbonyl (C=O) groups is 1. The lowest BCUT2D eigenvalue weighted by atomic mass is 10.1. The summed E-state index contributed by atoms with van der Waals surface area (Å²) in [7, 11) is 0. The number of aromatic carboxylic acids is 1. The molecule has 0 aliphatic carbocycles. The Hall–Kier alpha value is -1.88. The third-order valence-electron chi connectivity index (χ3n) is 2.81. The van der Waals surface area contributed by atoms with E-state index >= 15 is 0 Å². The summed E-state index contributed by atoms with van der Waals surface area (Å²) in [6.07, 6.45) is 0. The summed E-state index contributed by atoms with van der Waals surface area (Å²) in [5.41, 5.74) is 8.08. The lowest BCUT2D eigenvalue weighted by molar-refractivity contribution is 0.0703. The molecule has 0 radical (unpaired) electrons. The smallest absolute Gasteiger partial charge is 0.348 e. The quantitative estimate of drug-likeness (QED) is 0.874. The maximum absolute atomic E-state index is 13.2. The van der Waals surface area contributed by atoms with Crippen LogP contribution in [0.25, 0.3) is 10.4 Å². The van der Waals surface area contributed by atoms with Crippen molar-refractivity contribution in [2.45, 2.75) is 13.8 Å². The molecule has 1 aromatic heterocycles. The Morgan fingerprint density at radius 3 is 2.56 bits per heavy atom. The van der Waals surface area contributed by atoms with E-state index in [4.69, 9.17) is 10.8 Å². The number of nitrogens with two attached hydrogens (primary N) is 1. The summed E-state index contributed by atoms with van der Waals surface area (Å²) >= 11 is 1.11. The molecule has 0 unspecified atom stereocenters. The van der Waals surface area contributed by atoms with Gasteiger partial charge < -0.3 is 10.8 Å². The predicted molar refractivity (Wildman–Crippen MR) is 70.6 cm³/mol. The summed E-state index contributed by atoms with van der Waals surface area (Å²) in [6, 6.07) is 4.70. The van der Waals surface area contributed by atoms with Crippen LogP contribution in [0.3, 0.4) is 0 Å². The molecule has 0 saturated carbocycles. The summed E-state index contributed by atoms with van der Waals surface area (Å²) < 4.78 is 13.2. The van der Waals surface area contributed by atoms with Gasteiger partial charge in [0, 0.05) is 4.88 Å². The zero-order chi connectivity index (χ0) is 13.4. The highest BCUT2D eigenvalue weighted by molar-refractivity contribution is 7.18. The van der Waals surface area contributed by atoms with Crippen molar-refractivity contribution in [1.82, 2.24) is 0 Å². The van der Waals surface area contributed by atoms with Crippen LogP contribution in [-0.4, -0.2) is 11.1 Å². The van der Waals surface area contributed by atoms with Gasteiger partial charge in [-0.25, -0.2) is 9.18 Å². The second kappa shape index (κ2) is 4.42. The molecule has 0 aliphatic heterocycles. The van der Waals surface area contributed by atoms with Gasteiger partial charge in [0.05, 0.1) is 5.69 Å². The zero-order valence-electron chi connectivity index (χ0n) is 9.95. The minimum atomic E-state index is -1.04. The van der Waals surface area contributed by atoms with Gasteiger partial charge in [-0.15, -0.1) is 11.3 Å². The van der Waals surface area contributed by atoms with Crippen molar-refractivity contribution in [1.29, 1.82) is 0 Å². The standard InChI is InChI=1S/C13H12FNO2S/c1-6-5-8(3-4-9(6)14)11-7(2)10(15)12(18-11)13(16)17/h3-5H,15H2,1-2H3,(H,16,17). The number of hydrogen-bond acceptors (Lipinski definition) is 3. The average Bonchev–Trinajstić information content (AvgIpc) is 2.60. The summed E-state index contributed by atoms with van der Waals surface area (Å²) in [4.78, 5) is 11.9. The molecule has 0 bridgehead atoms. The Kier molecular flexibility index (Phi) is 3.09. The fourth-order valence-electron chi connectivity index (χ4n) is 1.75. The average molecular weight is 265 g/mol. The Morgan fingerprint density at radius 2 is 2.06 bits per heavy atom. The molecule has 2 aromatic rings. The lowest BCUT2D eigenvalue weighted by Gasteiger charge is -2.02. The first kappa shape index (κ1) is 12.6. The Balaban J connectivity index is 2.61. The van der Waals surface area contributed by atoms with Crippen LogP contribution in [0.5, 0.6) is 0 Å². The molecule has 0 fully saturated rings. The van der Waals surface area contributed by atoms with Crippen LogP contribution in [-0.2, 0) is 0 Å². The molecule has 5 heteroatoms. The lowest BCUT2D eigenvalue weighted by Crippen LogP contribution is -1.97. The maximum atomic E-state index is 13.2. The predicted octanol–water partition coefficient (Wildman–Crippen LogP) is 3.45. The van der Waals surface area contributed by atoms with E-state index in [1.807, 2.05) is 0 Å². The van der Waals surface area contributed by atoms with Crippen LogP contribution in [0.4, 0.5) is 10.1 Å². The van der Waals surface area contributed by atoms with E-state index in [9.17, 15) is 9.18 Å². The fourth-order valence-corrected chi connectivity index (χ4v) is 2.81. The third-order valence-corrected chi connectivity index (χ3v) is 4.15. The third kappa shape index (κ3) is 1.97. The molecule has 0 aliphatic rings. The van der Waals surface area contributed by atoms with Gasteiger partial charge in [0.25, 0.3) is 0 Å². The molecule has 0 spiro atoms. The van der Waals surface area contributed by atoms with Crippen molar-refractivity contribution in [3.05, 3.63) is 40.0 Å². The molecule has 94 valence electrons. The normalized spacial score (nSPS) is 10.6. The van der Waals surface area contributed by atoms with E-state index in [1.165, 1.54) is 6.07 Å². The van der Waals surface area contributed by atoms with E-state index < -0.39 is 5.97 Å². The monoisotopic (exact) mass is 265 g/mol. The van der Waals surface area contributed by atoms with Gasteiger partial charge in [0.2, 0.25) is 0 Å². The van der Waals surface area contributed by atoms with Gasteiger partial charge in [0.1, 0.15) is 10.7 Å². The van der Waals surface area contributed by atoms with Crippen molar-refractivity contribution in [2.24, 2.45) is 0 Å². The second-order valence-electron chi connectivity index (χ2n) is 4.07. The Morgan fingerprint density at radius 1 is 1.39 bits per heavy atom. The highest BCUT2D eigenvalue weighted by Crippen LogP contribution is 2.38. The van der Waals surface area contributed by atoms with E-state index in [0.717, 1.165) is 27.3 Å². The van der Waals surface area contributed by atoms with Gasteiger partial charge in [-0.3, -0.25) is 0 Å². The van der Waals surface area contributed by atoms with Crippen molar-refractivity contribution >= 4 is 23.0 Å². The van der Waals surface area contributed by atoms with Crippen LogP contribution in [0, 0.1) is 19.7 Å². The molecule has 1 heterocycles. The largest absolute Gasteiger partial charge is 0.477 e. The number of carboxylic acid groups (broad SMARTS) is 1. The van der Waals surface area contributed by atoms with Crippen molar-refractivity contribution in [3.8, 4) is 10.4 Å². The van der Waals surface area contributed by atoms with E-state index in [0.29, 0.717) is 5.56 Å². The number of hydrogen-bond donors (Lipinski definition) is 2. The molecule has 0 atom stereocenters. The first-order valence-electron chi connectivity index (χ1n) is 5.30. The highest BCUT2D eigenvalue weighted by Gasteiger charge is 2.18.